The van der Waals surface area contributed by atoms with Crippen LogP contribution in [0.1, 0.15) is 213 Å². The summed E-state index contributed by atoms with van der Waals surface area (Å²) in [6, 6.07) is 0. The van der Waals surface area contributed by atoms with Crippen molar-refractivity contribution in [3.05, 3.63) is 24.8 Å². The van der Waals surface area contributed by atoms with Crippen LogP contribution in [0.15, 0.2) is 24.8 Å². The van der Waals surface area contributed by atoms with Gasteiger partial charge >= 0.3 is 0 Å². The summed E-state index contributed by atoms with van der Waals surface area (Å²) in [4.78, 5) is 0. The Labute approximate surface area is 243 Å². The van der Waals surface area contributed by atoms with Gasteiger partial charge in [-0.3, -0.25) is 0 Å². The van der Waals surface area contributed by atoms with E-state index in [4.69, 9.17) is 0 Å². The molecule has 0 nitrogen and oxygen atoms in total. The standard InChI is InChI=1S/C38H74/c1-5-6-7-8-9-10-11-12-13-14-15-16-17-18-19-20-21-22-23-24-25-26-27-28-29-30-31-32-33-34-35-36-37-38(2,3)4/h5-7H,1,8-37H2,2-4H3. The Morgan fingerprint density at radius 1 is 0.368 bits per heavy atom. The van der Waals surface area contributed by atoms with E-state index in [1.54, 1.807) is 0 Å². The summed E-state index contributed by atoms with van der Waals surface area (Å²) in [5, 5.41) is 0. The number of allylic oxidation sites excluding steroid dienone is 3. The Balaban J connectivity index is 3.06. The molecule has 0 aromatic rings. The minimum Gasteiger partial charge on any atom is -0.0991 e. The summed E-state index contributed by atoms with van der Waals surface area (Å²) < 4.78 is 0. The fourth-order valence-corrected chi connectivity index (χ4v) is 5.71. The van der Waals surface area contributed by atoms with Crippen LogP contribution in [0.4, 0.5) is 0 Å². The van der Waals surface area contributed by atoms with Crippen molar-refractivity contribution in [1.82, 2.24) is 0 Å². The smallest absolute Gasteiger partial charge is 0.0348 e. The van der Waals surface area contributed by atoms with Crippen molar-refractivity contribution in [2.75, 3.05) is 0 Å². The molecule has 0 aromatic heterocycles. The van der Waals surface area contributed by atoms with Crippen LogP contribution in [-0.2, 0) is 0 Å². The monoisotopic (exact) mass is 531 g/mol. The van der Waals surface area contributed by atoms with E-state index in [1.165, 1.54) is 193 Å². The highest BCUT2D eigenvalue weighted by atomic mass is 14.1. The molecule has 226 valence electrons. The molecule has 0 unspecified atom stereocenters. The molecular formula is C38H74. The number of unbranched alkanes of at least 4 members (excludes halogenated alkanes) is 28. The molecule has 0 fully saturated rings. The van der Waals surface area contributed by atoms with Crippen LogP contribution in [0.3, 0.4) is 0 Å². The molecule has 0 saturated carbocycles. The lowest BCUT2D eigenvalue weighted by atomic mass is 9.89. The van der Waals surface area contributed by atoms with Crippen molar-refractivity contribution in [2.45, 2.75) is 213 Å². The van der Waals surface area contributed by atoms with Crippen molar-refractivity contribution in [2.24, 2.45) is 5.41 Å². The summed E-state index contributed by atoms with van der Waals surface area (Å²) in [6.45, 7) is 10.8. The molecule has 0 saturated heterocycles. The van der Waals surface area contributed by atoms with Gasteiger partial charge in [-0.05, 0) is 24.7 Å². The van der Waals surface area contributed by atoms with Crippen LogP contribution in [-0.4, -0.2) is 0 Å². The van der Waals surface area contributed by atoms with Gasteiger partial charge < -0.3 is 0 Å². The molecule has 0 atom stereocenters. The fraction of sp³-hybridized carbons (Fsp3) is 0.895. The van der Waals surface area contributed by atoms with Crippen LogP contribution < -0.4 is 0 Å². The average molecular weight is 531 g/mol. The lowest BCUT2D eigenvalue weighted by Crippen LogP contribution is -2.03. The van der Waals surface area contributed by atoms with Gasteiger partial charge in [0.15, 0.2) is 0 Å². The zero-order valence-electron chi connectivity index (χ0n) is 27.2. The molecule has 0 rings (SSSR count). The quantitative estimate of drug-likeness (QED) is 0.0617. The second-order valence-electron chi connectivity index (χ2n) is 13.7. The summed E-state index contributed by atoms with van der Waals surface area (Å²) in [5.41, 5.74) is 0.531. The summed E-state index contributed by atoms with van der Waals surface area (Å²) in [6.07, 6.45) is 49.9. The van der Waals surface area contributed by atoms with E-state index in [1.807, 2.05) is 6.08 Å². The summed E-state index contributed by atoms with van der Waals surface area (Å²) in [5.74, 6) is 0. The van der Waals surface area contributed by atoms with Crippen molar-refractivity contribution < 1.29 is 0 Å². The van der Waals surface area contributed by atoms with Gasteiger partial charge in [0.1, 0.15) is 0 Å². The van der Waals surface area contributed by atoms with Gasteiger partial charge in [0.05, 0.1) is 0 Å². The SMILES string of the molecule is C=CC=CCCCCCCCCCCCCCCCCCCCCCCCCCCCCCCC(C)(C)C. The Kier molecular flexibility index (Phi) is 30.6. The first-order valence-corrected chi connectivity index (χ1v) is 17.8. The van der Waals surface area contributed by atoms with Gasteiger partial charge in [-0.1, -0.05) is 219 Å². The summed E-state index contributed by atoms with van der Waals surface area (Å²) in [7, 11) is 0. The second-order valence-corrected chi connectivity index (χ2v) is 13.7. The maximum absolute atomic E-state index is 3.72. The van der Waals surface area contributed by atoms with Crippen LogP contribution in [0.5, 0.6) is 0 Å². The third-order valence-corrected chi connectivity index (χ3v) is 8.32. The predicted molar refractivity (Wildman–Crippen MR) is 177 cm³/mol. The maximum Gasteiger partial charge on any atom is -0.0348 e. The Bertz CT molecular complexity index is 465. The lowest BCUT2D eigenvalue weighted by Gasteiger charge is -2.17. The third-order valence-electron chi connectivity index (χ3n) is 8.32. The zero-order valence-corrected chi connectivity index (χ0v) is 27.2. The van der Waals surface area contributed by atoms with E-state index < -0.39 is 0 Å². The van der Waals surface area contributed by atoms with Crippen molar-refractivity contribution in [3.63, 3.8) is 0 Å². The van der Waals surface area contributed by atoms with Crippen LogP contribution in [0.2, 0.25) is 0 Å². The van der Waals surface area contributed by atoms with Gasteiger partial charge in [0.25, 0.3) is 0 Å². The van der Waals surface area contributed by atoms with Gasteiger partial charge in [-0.15, -0.1) is 0 Å². The topological polar surface area (TPSA) is 0 Å². The molecule has 0 aliphatic rings. The number of hydrogen-bond donors (Lipinski definition) is 0. The van der Waals surface area contributed by atoms with Crippen molar-refractivity contribution in [3.8, 4) is 0 Å². The van der Waals surface area contributed by atoms with E-state index in [0.717, 1.165) is 0 Å². The van der Waals surface area contributed by atoms with Crippen LogP contribution in [0.25, 0.3) is 0 Å². The maximum atomic E-state index is 3.72. The minimum absolute atomic E-state index is 0.531. The molecule has 0 radical (unpaired) electrons. The fourth-order valence-electron chi connectivity index (χ4n) is 5.71. The highest BCUT2D eigenvalue weighted by Gasteiger charge is 2.08. The van der Waals surface area contributed by atoms with Crippen LogP contribution in [0, 0.1) is 5.41 Å². The lowest BCUT2D eigenvalue weighted by molar-refractivity contribution is 0.356. The molecule has 0 aromatic carbocycles. The second kappa shape index (κ2) is 31.0. The van der Waals surface area contributed by atoms with E-state index >= 15 is 0 Å². The van der Waals surface area contributed by atoms with Gasteiger partial charge in [-0.25, -0.2) is 0 Å². The van der Waals surface area contributed by atoms with Crippen LogP contribution >= 0.6 is 0 Å². The molecule has 0 N–H and O–H groups in total. The highest BCUT2D eigenvalue weighted by Crippen LogP contribution is 2.23. The Morgan fingerprint density at radius 2 is 0.605 bits per heavy atom. The van der Waals surface area contributed by atoms with E-state index in [9.17, 15) is 0 Å². The highest BCUT2D eigenvalue weighted by molar-refractivity contribution is 4.96. The molecule has 0 spiro atoms. The van der Waals surface area contributed by atoms with E-state index in [0.29, 0.717) is 5.41 Å². The Hall–Kier alpha value is -0.520. The molecular weight excluding hydrogens is 456 g/mol. The molecule has 0 heteroatoms. The minimum atomic E-state index is 0.531. The molecule has 0 aliphatic heterocycles. The first-order valence-electron chi connectivity index (χ1n) is 17.8. The van der Waals surface area contributed by atoms with Gasteiger partial charge in [0.2, 0.25) is 0 Å². The first-order chi connectivity index (χ1) is 18.6. The molecule has 0 amide bonds. The molecule has 0 heterocycles. The van der Waals surface area contributed by atoms with Crippen molar-refractivity contribution in [1.29, 1.82) is 0 Å². The molecule has 0 aliphatic carbocycles. The predicted octanol–water partition coefficient (Wildman–Crippen LogP) is 14.5. The first kappa shape index (κ1) is 37.5. The zero-order chi connectivity index (χ0) is 27.8. The van der Waals surface area contributed by atoms with Gasteiger partial charge in [0, 0.05) is 0 Å². The molecule has 0 bridgehead atoms. The number of rotatable bonds is 31. The van der Waals surface area contributed by atoms with E-state index in [2.05, 4.69) is 39.5 Å². The Morgan fingerprint density at radius 3 is 0.842 bits per heavy atom. The molecule has 38 heavy (non-hydrogen) atoms. The normalized spacial score (nSPS) is 12.1. The number of hydrogen-bond acceptors (Lipinski definition) is 0. The van der Waals surface area contributed by atoms with E-state index in [-0.39, 0.29) is 0 Å². The van der Waals surface area contributed by atoms with Gasteiger partial charge in [-0.2, -0.15) is 0 Å². The third kappa shape index (κ3) is 35.5. The largest absolute Gasteiger partial charge is 0.0991 e. The van der Waals surface area contributed by atoms with Crippen molar-refractivity contribution >= 4 is 0 Å². The average Bonchev–Trinajstić information content (AvgIpc) is 2.88. The summed E-state index contributed by atoms with van der Waals surface area (Å²) >= 11 is 0.